The van der Waals surface area contributed by atoms with E-state index in [9.17, 15) is 4.79 Å². The minimum atomic E-state index is -0.287. The second-order valence-electron chi connectivity index (χ2n) is 7.78. The zero-order valence-electron chi connectivity index (χ0n) is 17.2. The van der Waals surface area contributed by atoms with Crippen LogP contribution in [0.2, 0.25) is 0 Å². The molecule has 3 rings (SSSR count). The van der Waals surface area contributed by atoms with E-state index in [2.05, 4.69) is 51.1 Å². The second kappa shape index (κ2) is 9.18. The summed E-state index contributed by atoms with van der Waals surface area (Å²) in [6, 6.07) is 16.3. The average molecular weight is 381 g/mol. The molecule has 0 radical (unpaired) electrons. The number of rotatable bonds is 8. The molecular weight excluding hydrogens is 350 g/mol. The van der Waals surface area contributed by atoms with Crippen LogP contribution in [0.5, 0.6) is 0 Å². The number of fused-ring (bicyclic) bond motifs is 1. The van der Waals surface area contributed by atoms with Gasteiger partial charge < -0.3 is 14.1 Å². The van der Waals surface area contributed by atoms with Gasteiger partial charge >= 0.3 is 5.63 Å². The van der Waals surface area contributed by atoms with Gasteiger partial charge in [0.15, 0.2) is 0 Å². The third-order valence-electron chi connectivity index (χ3n) is 5.24. The highest BCUT2D eigenvalue weighted by Gasteiger charge is 2.16. The predicted molar refractivity (Wildman–Crippen MR) is 113 cm³/mol. The minimum Gasteiger partial charge on any atom is -0.423 e. The van der Waals surface area contributed by atoms with Crippen LogP contribution in [0.4, 0.5) is 0 Å². The van der Waals surface area contributed by atoms with Gasteiger partial charge in [-0.2, -0.15) is 0 Å². The van der Waals surface area contributed by atoms with Gasteiger partial charge in [0.05, 0.1) is 6.61 Å². The first-order valence-electron chi connectivity index (χ1n) is 9.91. The zero-order valence-corrected chi connectivity index (χ0v) is 17.2. The summed E-state index contributed by atoms with van der Waals surface area (Å²) in [5.74, 6) is 0.422. The van der Waals surface area contributed by atoms with Crippen LogP contribution in [-0.2, 0) is 17.8 Å². The molecule has 0 aliphatic carbocycles. The summed E-state index contributed by atoms with van der Waals surface area (Å²) in [4.78, 5) is 13.5. The van der Waals surface area contributed by atoms with Crippen molar-refractivity contribution in [1.82, 2.24) is 0 Å². The quantitative estimate of drug-likeness (QED) is 0.609. The Hall–Kier alpha value is -2.43. The fraction of sp³-hybridized carbons (Fsp3) is 0.375. The number of nitrogens with one attached hydrogen (secondary N) is 1. The molecule has 148 valence electrons. The van der Waals surface area contributed by atoms with Gasteiger partial charge in [0, 0.05) is 29.7 Å². The van der Waals surface area contributed by atoms with E-state index in [0.29, 0.717) is 18.1 Å². The lowest BCUT2D eigenvalue weighted by Crippen LogP contribution is -3.09. The van der Waals surface area contributed by atoms with Crippen LogP contribution in [0.1, 0.15) is 42.0 Å². The highest BCUT2D eigenvalue weighted by Crippen LogP contribution is 2.26. The monoisotopic (exact) mass is 380 g/mol. The molecule has 1 atom stereocenters. The fourth-order valence-electron chi connectivity index (χ4n) is 3.80. The summed E-state index contributed by atoms with van der Waals surface area (Å²) < 4.78 is 10.8. The lowest BCUT2D eigenvalue weighted by atomic mass is 9.95. The number of ether oxygens (including phenoxy) is 1. The number of hydrogen-bond donors (Lipinski definition) is 1. The van der Waals surface area contributed by atoms with Gasteiger partial charge in [-0.15, -0.1) is 0 Å². The van der Waals surface area contributed by atoms with Gasteiger partial charge in [0.1, 0.15) is 25.2 Å². The average Bonchev–Trinajstić information content (AvgIpc) is 2.66. The van der Waals surface area contributed by atoms with E-state index < -0.39 is 0 Å². The van der Waals surface area contributed by atoms with E-state index in [-0.39, 0.29) is 5.63 Å². The van der Waals surface area contributed by atoms with Crippen molar-refractivity contribution in [2.24, 2.45) is 0 Å². The topological polar surface area (TPSA) is 43.9 Å². The SMILES string of the molecule is COCC[NH+](Cc1ccccc1)Cc1cc(=O)oc2cc(C)c(C(C)C)cc12. The smallest absolute Gasteiger partial charge is 0.336 e. The Morgan fingerprint density at radius 3 is 2.50 bits per heavy atom. The second-order valence-corrected chi connectivity index (χ2v) is 7.78. The van der Waals surface area contributed by atoms with E-state index in [4.69, 9.17) is 9.15 Å². The Bertz CT molecular complexity index is 976. The van der Waals surface area contributed by atoms with E-state index in [1.54, 1.807) is 13.2 Å². The van der Waals surface area contributed by atoms with Gasteiger partial charge in [-0.1, -0.05) is 44.2 Å². The number of methoxy groups -OCH3 is 1. The highest BCUT2D eigenvalue weighted by molar-refractivity contribution is 5.82. The largest absolute Gasteiger partial charge is 0.423 e. The summed E-state index contributed by atoms with van der Waals surface area (Å²) in [7, 11) is 1.73. The molecule has 1 heterocycles. The molecule has 0 bridgehead atoms. The Labute approximate surface area is 166 Å². The van der Waals surface area contributed by atoms with E-state index in [1.165, 1.54) is 16.0 Å². The summed E-state index contributed by atoms with van der Waals surface area (Å²) in [6.45, 7) is 9.65. The van der Waals surface area contributed by atoms with E-state index in [1.807, 2.05) is 12.1 Å². The van der Waals surface area contributed by atoms with E-state index >= 15 is 0 Å². The standard InChI is InChI=1S/C24H29NO3/c1-17(2)21-14-22-20(13-24(26)28-23(22)12-18(21)3)16-25(10-11-27-4)15-19-8-6-5-7-9-19/h5-9,12-14,17H,10-11,15-16H2,1-4H3/p+1. The molecular formula is C24H30NO3+. The molecule has 1 N–H and O–H groups in total. The molecule has 0 saturated carbocycles. The van der Waals surface area contributed by atoms with Crippen molar-refractivity contribution in [3.8, 4) is 0 Å². The normalized spacial score (nSPS) is 12.6. The van der Waals surface area contributed by atoms with Gasteiger partial charge in [-0.25, -0.2) is 4.79 Å². The lowest BCUT2D eigenvalue weighted by molar-refractivity contribution is -0.927. The van der Waals surface area contributed by atoms with Gasteiger partial charge in [-0.3, -0.25) is 0 Å². The third-order valence-corrected chi connectivity index (χ3v) is 5.24. The molecule has 0 fully saturated rings. The Morgan fingerprint density at radius 2 is 1.82 bits per heavy atom. The predicted octanol–water partition coefficient (Wildman–Crippen LogP) is 3.46. The minimum absolute atomic E-state index is 0.287. The maximum atomic E-state index is 12.2. The zero-order chi connectivity index (χ0) is 20.1. The number of benzene rings is 2. The van der Waals surface area contributed by atoms with Crippen LogP contribution in [0.3, 0.4) is 0 Å². The number of hydrogen-bond acceptors (Lipinski definition) is 3. The van der Waals surface area contributed by atoms with Crippen LogP contribution >= 0.6 is 0 Å². The Kier molecular flexibility index (Phi) is 6.65. The Morgan fingerprint density at radius 1 is 1.07 bits per heavy atom. The molecule has 0 aliphatic heterocycles. The molecule has 3 aromatic rings. The number of aryl methyl sites for hydroxylation is 1. The van der Waals surface area contributed by atoms with Crippen LogP contribution < -0.4 is 10.5 Å². The summed E-state index contributed by atoms with van der Waals surface area (Å²) >= 11 is 0. The van der Waals surface area contributed by atoms with Crippen molar-refractivity contribution in [1.29, 1.82) is 0 Å². The fourth-order valence-corrected chi connectivity index (χ4v) is 3.80. The van der Waals surface area contributed by atoms with Crippen molar-refractivity contribution in [2.45, 2.75) is 39.8 Å². The third kappa shape index (κ3) is 4.89. The molecule has 0 saturated heterocycles. The lowest BCUT2D eigenvalue weighted by Gasteiger charge is -2.20. The molecule has 1 unspecified atom stereocenters. The Balaban J connectivity index is 1.99. The molecule has 4 heteroatoms. The first-order chi connectivity index (χ1) is 13.5. The molecule has 2 aromatic carbocycles. The molecule has 0 aliphatic rings. The summed E-state index contributed by atoms with van der Waals surface area (Å²) in [5, 5.41) is 1.04. The molecule has 0 spiro atoms. The summed E-state index contributed by atoms with van der Waals surface area (Å²) in [5.41, 5.74) is 5.16. The molecule has 4 nitrogen and oxygen atoms in total. The van der Waals surface area contributed by atoms with Crippen LogP contribution in [0.25, 0.3) is 11.0 Å². The van der Waals surface area contributed by atoms with Crippen molar-refractivity contribution in [2.75, 3.05) is 20.3 Å². The molecule has 28 heavy (non-hydrogen) atoms. The van der Waals surface area contributed by atoms with Crippen molar-refractivity contribution in [3.05, 3.63) is 81.2 Å². The van der Waals surface area contributed by atoms with Gasteiger partial charge in [0.25, 0.3) is 0 Å². The maximum absolute atomic E-state index is 12.2. The van der Waals surface area contributed by atoms with Gasteiger partial charge in [-0.05, 0) is 36.1 Å². The van der Waals surface area contributed by atoms with Crippen LogP contribution in [-0.4, -0.2) is 20.3 Å². The van der Waals surface area contributed by atoms with E-state index in [0.717, 1.165) is 36.1 Å². The highest BCUT2D eigenvalue weighted by atomic mass is 16.5. The molecule has 1 aromatic heterocycles. The van der Waals surface area contributed by atoms with Crippen molar-refractivity contribution in [3.63, 3.8) is 0 Å². The van der Waals surface area contributed by atoms with Crippen molar-refractivity contribution < 1.29 is 14.1 Å². The maximum Gasteiger partial charge on any atom is 0.336 e. The summed E-state index contributed by atoms with van der Waals surface area (Å²) in [6.07, 6.45) is 0. The van der Waals surface area contributed by atoms with Gasteiger partial charge in [0.2, 0.25) is 0 Å². The van der Waals surface area contributed by atoms with Crippen LogP contribution in [0.15, 0.2) is 57.7 Å². The first-order valence-corrected chi connectivity index (χ1v) is 9.91. The first kappa shape index (κ1) is 20.3. The number of quaternary nitrogens is 1. The van der Waals surface area contributed by atoms with Crippen molar-refractivity contribution >= 4 is 11.0 Å². The van der Waals surface area contributed by atoms with Crippen LogP contribution in [0, 0.1) is 6.92 Å². The molecule has 0 amide bonds.